The van der Waals surface area contributed by atoms with Crippen molar-refractivity contribution in [1.29, 1.82) is 5.26 Å². The minimum absolute atomic E-state index is 0.140. The molecule has 0 aromatic heterocycles. The predicted molar refractivity (Wildman–Crippen MR) is 135 cm³/mol. The molecule has 3 rings (SSSR count). The number of nitrogens with one attached hydrogen (secondary N) is 2. The Balaban J connectivity index is 1.59. The van der Waals surface area contributed by atoms with Gasteiger partial charge in [-0.3, -0.25) is 9.69 Å². The normalized spacial score (nSPS) is 19.3. The van der Waals surface area contributed by atoms with Crippen LogP contribution in [0, 0.1) is 17.2 Å². The Labute approximate surface area is 208 Å². The van der Waals surface area contributed by atoms with E-state index >= 15 is 0 Å². The molecular formula is C28H36N4O3. The van der Waals surface area contributed by atoms with Gasteiger partial charge in [0.15, 0.2) is 6.10 Å². The standard InChI is InChI=1S/C28H36N4O3/c1-22(2)18-25(35-27(34)30-19-23-10-5-3-6-11-23)26(33)31-28(21-29)14-9-16-32(17-15-28)20-24-12-7-4-8-13-24/h3-8,10-13,22,25H,9,14-20H2,1-2H3,(H,30,34)(H,31,33)/t25-,28?/m0/s1. The Morgan fingerprint density at radius 3 is 2.31 bits per heavy atom. The third-order valence-corrected chi connectivity index (χ3v) is 6.27. The van der Waals surface area contributed by atoms with Crippen molar-refractivity contribution in [3.8, 4) is 6.07 Å². The SMILES string of the molecule is CC(C)C[C@H](OC(=O)NCc1ccccc1)C(=O)NC1(C#N)CCCN(Cc2ccccc2)CC1. The third kappa shape index (κ3) is 8.41. The number of rotatable bonds is 9. The van der Waals surface area contributed by atoms with Crippen LogP contribution in [-0.4, -0.2) is 41.6 Å². The molecule has 186 valence electrons. The van der Waals surface area contributed by atoms with Gasteiger partial charge in [0.25, 0.3) is 5.91 Å². The summed E-state index contributed by atoms with van der Waals surface area (Å²) in [6, 6.07) is 22.1. The van der Waals surface area contributed by atoms with Gasteiger partial charge in [-0.05, 0) is 49.3 Å². The summed E-state index contributed by atoms with van der Waals surface area (Å²) in [5.74, 6) is -0.271. The molecule has 1 heterocycles. The molecule has 0 radical (unpaired) electrons. The average Bonchev–Trinajstić information content (AvgIpc) is 3.06. The van der Waals surface area contributed by atoms with Crippen molar-refractivity contribution >= 4 is 12.0 Å². The van der Waals surface area contributed by atoms with E-state index in [1.54, 1.807) is 0 Å². The van der Waals surface area contributed by atoms with Gasteiger partial charge in [0.1, 0.15) is 5.54 Å². The molecule has 0 bridgehead atoms. The molecule has 0 saturated carbocycles. The van der Waals surface area contributed by atoms with E-state index in [9.17, 15) is 14.9 Å². The van der Waals surface area contributed by atoms with Gasteiger partial charge in [0.2, 0.25) is 0 Å². The summed E-state index contributed by atoms with van der Waals surface area (Å²) in [5, 5.41) is 15.7. The van der Waals surface area contributed by atoms with Crippen LogP contribution < -0.4 is 10.6 Å². The molecule has 2 aromatic rings. The topological polar surface area (TPSA) is 94.5 Å². The van der Waals surface area contributed by atoms with Crippen molar-refractivity contribution in [2.24, 2.45) is 5.92 Å². The highest BCUT2D eigenvalue weighted by Gasteiger charge is 2.37. The van der Waals surface area contributed by atoms with Crippen molar-refractivity contribution in [3.05, 3.63) is 71.8 Å². The number of hydrogen-bond acceptors (Lipinski definition) is 5. The number of benzene rings is 2. The summed E-state index contributed by atoms with van der Waals surface area (Å²) >= 11 is 0. The lowest BCUT2D eigenvalue weighted by atomic mass is 9.91. The summed E-state index contributed by atoms with van der Waals surface area (Å²) in [7, 11) is 0. The third-order valence-electron chi connectivity index (χ3n) is 6.27. The summed E-state index contributed by atoms with van der Waals surface area (Å²) in [5.41, 5.74) is 1.20. The number of likely N-dealkylation sites (tertiary alicyclic amines) is 1. The highest BCUT2D eigenvalue weighted by Crippen LogP contribution is 2.24. The van der Waals surface area contributed by atoms with Crippen LogP contribution in [0.2, 0.25) is 0 Å². The number of nitrogens with zero attached hydrogens (tertiary/aromatic N) is 2. The van der Waals surface area contributed by atoms with E-state index in [1.165, 1.54) is 5.56 Å². The smallest absolute Gasteiger partial charge is 0.408 e. The number of carbonyl (C=O) groups excluding carboxylic acids is 2. The second-order valence-corrected chi connectivity index (χ2v) is 9.66. The fourth-order valence-corrected chi connectivity index (χ4v) is 4.35. The van der Waals surface area contributed by atoms with Crippen LogP contribution in [-0.2, 0) is 22.6 Å². The average molecular weight is 477 g/mol. The molecule has 1 saturated heterocycles. The highest BCUT2D eigenvalue weighted by atomic mass is 16.6. The molecule has 1 fully saturated rings. The lowest BCUT2D eigenvalue weighted by Crippen LogP contribution is -2.52. The zero-order chi connectivity index (χ0) is 25.1. The lowest BCUT2D eigenvalue weighted by Gasteiger charge is -2.29. The number of carbonyl (C=O) groups is 2. The number of alkyl carbamates (subject to hydrolysis) is 1. The van der Waals surface area contributed by atoms with E-state index in [0.29, 0.717) is 32.4 Å². The minimum atomic E-state index is -0.971. The van der Waals surface area contributed by atoms with Gasteiger partial charge in [0, 0.05) is 19.6 Å². The number of nitriles is 1. The van der Waals surface area contributed by atoms with Crippen LogP contribution >= 0.6 is 0 Å². The fraction of sp³-hybridized carbons (Fsp3) is 0.464. The molecule has 2 atom stereocenters. The van der Waals surface area contributed by atoms with Crippen LogP contribution in [0.15, 0.2) is 60.7 Å². The summed E-state index contributed by atoms with van der Waals surface area (Å²) in [4.78, 5) is 28.0. The molecule has 0 spiro atoms. The number of amides is 2. The van der Waals surface area contributed by atoms with Gasteiger partial charge in [-0.25, -0.2) is 4.79 Å². The first-order chi connectivity index (χ1) is 16.9. The van der Waals surface area contributed by atoms with Gasteiger partial charge >= 0.3 is 6.09 Å². The van der Waals surface area contributed by atoms with Crippen LogP contribution in [0.4, 0.5) is 4.79 Å². The van der Waals surface area contributed by atoms with Crippen molar-refractivity contribution in [1.82, 2.24) is 15.5 Å². The van der Waals surface area contributed by atoms with Gasteiger partial charge in [-0.15, -0.1) is 0 Å². The van der Waals surface area contributed by atoms with Gasteiger partial charge in [-0.1, -0.05) is 74.5 Å². The fourth-order valence-electron chi connectivity index (χ4n) is 4.35. The Bertz CT molecular complexity index is 990. The van der Waals surface area contributed by atoms with Crippen molar-refractivity contribution in [2.45, 2.75) is 64.3 Å². The first-order valence-corrected chi connectivity index (χ1v) is 12.4. The van der Waals surface area contributed by atoms with E-state index in [0.717, 1.165) is 25.1 Å². The summed E-state index contributed by atoms with van der Waals surface area (Å²) < 4.78 is 5.53. The van der Waals surface area contributed by atoms with Crippen molar-refractivity contribution in [2.75, 3.05) is 13.1 Å². The quantitative estimate of drug-likeness (QED) is 0.560. The van der Waals surface area contributed by atoms with Gasteiger partial charge < -0.3 is 15.4 Å². The summed E-state index contributed by atoms with van der Waals surface area (Å²) in [6.07, 6.45) is 0.668. The number of hydrogen-bond donors (Lipinski definition) is 2. The van der Waals surface area contributed by atoms with E-state index in [2.05, 4.69) is 33.7 Å². The molecule has 2 N–H and O–H groups in total. The minimum Gasteiger partial charge on any atom is -0.436 e. The maximum absolute atomic E-state index is 13.2. The van der Waals surface area contributed by atoms with Crippen molar-refractivity contribution in [3.63, 3.8) is 0 Å². The molecule has 1 unspecified atom stereocenters. The molecule has 2 amide bonds. The molecule has 1 aliphatic heterocycles. The monoisotopic (exact) mass is 476 g/mol. The highest BCUT2D eigenvalue weighted by molar-refractivity contribution is 5.84. The van der Waals surface area contributed by atoms with E-state index in [-0.39, 0.29) is 5.92 Å². The summed E-state index contributed by atoms with van der Waals surface area (Å²) in [6.45, 7) is 6.64. The van der Waals surface area contributed by atoms with E-state index < -0.39 is 23.6 Å². The maximum atomic E-state index is 13.2. The second-order valence-electron chi connectivity index (χ2n) is 9.66. The largest absolute Gasteiger partial charge is 0.436 e. The van der Waals surface area contributed by atoms with Crippen molar-refractivity contribution < 1.29 is 14.3 Å². The van der Waals surface area contributed by atoms with Crippen LogP contribution in [0.1, 0.15) is 50.7 Å². The molecule has 2 aromatic carbocycles. The first kappa shape index (κ1) is 26.2. The Morgan fingerprint density at radius 2 is 1.69 bits per heavy atom. The molecule has 1 aliphatic rings. The zero-order valence-electron chi connectivity index (χ0n) is 20.7. The Kier molecular flexibility index (Phi) is 9.68. The lowest BCUT2D eigenvalue weighted by molar-refractivity contribution is -0.132. The second kappa shape index (κ2) is 12.9. The van der Waals surface area contributed by atoms with Gasteiger partial charge in [0.05, 0.1) is 6.07 Å². The molecular weight excluding hydrogens is 440 g/mol. The van der Waals surface area contributed by atoms with E-state index in [4.69, 9.17) is 4.74 Å². The van der Waals surface area contributed by atoms with Gasteiger partial charge in [-0.2, -0.15) is 5.26 Å². The van der Waals surface area contributed by atoms with Crippen LogP contribution in [0.25, 0.3) is 0 Å². The number of ether oxygens (including phenoxy) is 1. The van der Waals surface area contributed by atoms with E-state index in [1.807, 2.05) is 62.4 Å². The Hall–Kier alpha value is -3.37. The molecule has 35 heavy (non-hydrogen) atoms. The maximum Gasteiger partial charge on any atom is 0.408 e. The molecule has 0 aliphatic carbocycles. The van der Waals surface area contributed by atoms with Crippen LogP contribution in [0.3, 0.4) is 0 Å². The molecule has 7 nitrogen and oxygen atoms in total. The zero-order valence-corrected chi connectivity index (χ0v) is 20.7. The first-order valence-electron chi connectivity index (χ1n) is 12.4. The Morgan fingerprint density at radius 1 is 1.03 bits per heavy atom. The van der Waals surface area contributed by atoms with Crippen LogP contribution in [0.5, 0.6) is 0 Å². The predicted octanol–water partition coefficient (Wildman–Crippen LogP) is 4.39. The molecule has 7 heteroatoms.